The molecule has 0 unspecified atom stereocenters. The second-order valence-corrected chi connectivity index (χ2v) is 8.72. The minimum Gasteiger partial charge on any atom is -0.381 e. The van der Waals surface area contributed by atoms with E-state index in [9.17, 15) is 13.2 Å². The van der Waals surface area contributed by atoms with Crippen LogP contribution in [0.25, 0.3) is 0 Å². The summed E-state index contributed by atoms with van der Waals surface area (Å²) in [6.07, 6.45) is -2.06. The lowest BCUT2D eigenvalue weighted by Gasteiger charge is -2.60. The number of hydrogen-bond acceptors (Lipinski definition) is 5. The zero-order valence-electron chi connectivity index (χ0n) is 14.3. The fourth-order valence-corrected chi connectivity index (χ4v) is 5.36. The van der Waals surface area contributed by atoms with E-state index in [1.165, 1.54) is 16.6 Å². The Morgan fingerprint density at radius 1 is 1.24 bits per heavy atom. The molecule has 5 nitrogen and oxygen atoms in total. The van der Waals surface area contributed by atoms with Crippen LogP contribution >= 0.6 is 11.9 Å². The fraction of sp³-hybridized carbons (Fsp3) is 0.812. The molecule has 0 radical (unpaired) electrons. The van der Waals surface area contributed by atoms with Gasteiger partial charge in [0, 0.05) is 64.5 Å². The van der Waals surface area contributed by atoms with Crippen LogP contribution in [0.1, 0.15) is 18.5 Å². The van der Waals surface area contributed by atoms with Crippen molar-refractivity contribution in [3.63, 3.8) is 0 Å². The number of ether oxygens (including phenoxy) is 1. The van der Waals surface area contributed by atoms with Crippen LogP contribution in [0.2, 0.25) is 0 Å². The average molecular weight is 376 g/mol. The highest BCUT2D eigenvalue weighted by atomic mass is 32.2. The second kappa shape index (κ2) is 6.44. The lowest BCUT2D eigenvalue weighted by molar-refractivity contribution is -0.141. The van der Waals surface area contributed by atoms with Gasteiger partial charge < -0.3 is 9.64 Å². The fourth-order valence-electron chi connectivity index (χ4n) is 4.10. The summed E-state index contributed by atoms with van der Waals surface area (Å²) in [5, 5.41) is 4.11. The summed E-state index contributed by atoms with van der Waals surface area (Å²) in [6, 6.07) is 1.13. The van der Waals surface area contributed by atoms with Crippen LogP contribution in [0.5, 0.6) is 0 Å². The molecule has 1 aromatic rings. The van der Waals surface area contributed by atoms with Crippen LogP contribution in [0.15, 0.2) is 11.1 Å². The Balaban J connectivity index is 1.23. The summed E-state index contributed by atoms with van der Waals surface area (Å²) < 4.78 is 47.0. The van der Waals surface area contributed by atoms with Crippen molar-refractivity contribution in [2.75, 3.05) is 45.9 Å². The van der Waals surface area contributed by atoms with Gasteiger partial charge in [0.2, 0.25) is 0 Å². The first-order valence-corrected chi connectivity index (χ1v) is 9.45. The largest absolute Gasteiger partial charge is 0.435 e. The topological polar surface area (TPSA) is 33.5 Å². The number of halogens is 3. The molecule has 0 N–H and O–H groups in total. The minimum atomic E-state index is -4.38. The molecule has 0 aliphatic carbocycles. The first-order chi connectivity index (χ1) is 11.8. The lowest BCUT2D eigenvalue weighted by atomic mass is 9.74. The Morgan fingerprint density at radius 3 is 2.52 bits per heavy atom. The van der Waals surface area contributed by atoms with Gasteiger partial charge in [-0.1, -0.05) is 0 Å². The van der Waals surface area contributed by atoms with Crippen molar-refractivity contribution < 1.29 is 17.9 Å². The highest BCUT2D eigenvalue weighted by molar-refractivity contribution is 7.97. The summed E-state index contributed by atoms with van der Waals surface area (Å²) in [7, 11) is 1.56. The Labute approximate surface area is 149 Å². The molecule has 3 saturated heterocycles. The van der Waals surface area contributed by atoms with Gasteiger partial charge in [-0.05, 0) is 30.7 Å². The summed E-state index contributed by atoms with van der Waals surface area (Å²) in [6.45, 7) is 7.04. The molecule has 25 heavy (non-hydrogen) atoms. The predicted octanol–water partition coefficient (Wildman–Crippen LogP) is 2.49. The quantitative estimate of drug-likeness (QED) is 0.754. The van der Waals surface area contributed by atoms with E-state index in [0.29, 0.717) is 10.4 Å². The number of aryl methyl sites for hydroxylation is 1. The van der Waals surface area contributed by atoms with E-state index in [1.807, 2.05) is 0 Å². The first kappa shape index (κ1) is 17.6. The zero-order chi connectivity index (χ0) is 17.7. The molecular weight excluding hydrogens is 353 g/mol. The minimum absolute atomic E-state index is 0.351. The molecule has 9 heteroatoms. The third-order valence-corrected chi connectivity index (χ3v) is 6.43. The van der Waals surface area contributed by atoms with Gasteiger partial charge in [-0.25, -0.2) is 4.31 Å². The van der Waals surface area contributed by atoms with Gasteiger partial charge in [-0.2, -0.15) is 18.3 Å². The number of nitrogens with zero attached hydrogens (tertiary/aromatic N) is 4. The van der Waals surface area contributed by atoms with Gasteiger partial charge in [-0.3, -0.25) is 4.68 Å². The first-order valence-electron chi connectivity index (χ1n) is 8.67. The Hall–Kier alpha value is -0.770. The lowest BCUT2D eigenvalue weighted by Crippen LogP contribution is -2.70. The predicted molar refractivity (Wildman–Crippen MR) is 88.1 cm³/mol. The Morgan fingerprint density at radius 2 is 1.92 bits per heavy atom. The molecule has 4 heterocycles. The maximum absolute atomic E-state index is 12.7. The van der Waals surface area contributed by atoms with Crippen LogP contribution in [-0.4, -0.2) is 64.9 Å². The maximum Gasteiger partial charge on any atom is 0.435 e. The molecule has 1 aromatic heterocycles. The second-order valence-electron chi connectivity index (χ2n) is 7.60. The molecule has 0 aromatic carbocycles. The maximum atomic E-state index is 12.7. The standard InChI is InChI=1S/C16H23F3N4OS/c1-21-14(6-13(20-21)16(17,18)19)25-23-10-15(11-23)8-22(9-15)7-12-2-4-24-5-3-12/h6,12H,2-5,7-11H2,1H3. The van der Waals surface area contributed by atoms with Crippen molar-refractivity contribution in [2.45, 2.75) is 24.0 Å². The molecule has 3 aliphatic heterocycles. The van der Waals surface area contributed by atoms with E-state index in [1.54, 1.807) is 7.05 Å². The Kier molecular flexibility index (Phi) is 4.54. The van der Waals surface area contributed by atoms with E-state index >= 15 is 0 Å². The molecule has 3 aliphatic rings. The van der Waals surface area contributed by atoms with Crippen molar-refractivity contribution in [1.29, 1.82) is 0 Å². The smallest absolute Gasteiger partial charge is 0.381 e. The summed E-state index contributed by atoms with van der Waals surface area (Å²) >= 11 is 1.38. The number of aromatic nitrogens is 2. The van der Waals surface area contributed by atoms with Gasteiger partial charge in [-0.15, -0.1) is 0 Å². The highest BCUT2D eigenvalue weighted by Gasteiger charge is 2.52. The van der Waals surface area contributed by atoms with E-state index in [0.717, 1.165) is 70.8 Å². The monoisotopic (exact) mass is 376 g/mol. The molecule has 1 spiro atoms. The SMILES string of the molecule is Cn1nc(C(F)(F)F)cc1SN1CC2(CN(CC3CCOCC3)C2)C1. The number of rotatable bonds is 4. The zero-order valence-corrected chi connectivity index (χ0v) is 15.1. The summed E-state index contributed by atoms with van der Waals surface area (Å²) in [5.41, 5.74) is -0.470. The molecule has 140 valence electrons. The van der Waals surface area contributed by atoms with E-state index < -0.39 is 11.9 Å². The van der Waals surface area contributed by atoms with Crippen molar-refractivity contribution >= 4 is 11.9 Å². The molecule has 0 amide bonds. The molecule has 0 bridgehead atoms. The average Bonchev–Trinajstić information content (AvgIpc) is 2.85. The van der Waals surface area contributed by atoms with Crippen LogP contribution in [0.4, 0.5) is 13.2 Å². The van der Waals surface area contributed by atoms with Crippen molar-refractivity contribution in [3.05, 3.63) is 11.8 Å². The van der Waals surface area contributed by atoms with E-state index in [2.05, 4.69) is 14.3 Å². The third kappa shape index (κ3) is 3.70. The number of alkyl halides is 3. The van der Waals surface area contributed by atoms with Crippen LogP contribution < -0.4 is 0 Å². The van der Waals surface area contributed by atoms with Gasteiger partial charge in [0.1, 0.15) is 5.03 Å². The molecule has 4 rings (SSSR count). The van der Waals surface area contributed by atoms with Crippen molar-refractivity contribution in [1.82, 2.24) is 19.0 Å². The molecule has 0 saturated carbocycles. The van der Waals surface area contributed by atoms with Gasteiger partial charge in [0.25, 0.3) is 0 Å². The van der Waals surface area contributed by atoms with Crippen LogP contribution in [-0.2, 0) is 18.0 Å². The van der Waals surface area contributed by atoms with Crippen molar-refractivity contribution in [3.8, 4) is 0 Å². The summed E-state index contributed by atoms with van der Waals surface area (Å²) in [5.74, 6) is 0.756. The highest BCUT2D eigenvalue weighted by Crippen LogP contribution is 2.45. The van der Waals surface area contributed by atoms with Crippen LogP contribution in [0, 0.1) is 11.3 Å². The normalized spacial score (nSPS) is 25.1. The summed E-state index contributed by atoms with van der Waals surface area (Å²) in [4.78, 5) is 2.52. The molecule has 0 atom stereocenters. The van der Waals surface area contributed by atoms with Gasteiger partial charge in [0.15, 0.2) is 5.69 Å². The van der Waals surface area contributed by atoms with Crippen LogP contribution in [0.3, 0.4) is 0 Å². The van der Waals surface area contributed by atoms with E-state index in [-0.39, 0.29) is 0 Å². The van der Waals surface area contributed by atoms with E-state index in [4.69, 9.17) is 4.74 Å². The number of likely N-dealkylation sites (tertiary alicyclic amines) is 1. The van der Waals surface area contributed by atoms with Gasteiger partial charge in [0.05, 0.1) is 0 Å². The van der Waals surface area contributed by atoms with Crippen molar-refractivity contribution in [2.24, 2.45) is 18.4 Å². The molecular formula is C16H23F3N4OS. The third-order valence-electron chi connectivity index (χ3n) is 5.35. The number of hydrogen-bond donors (Lipinski definition) is 0. The Bertz CT molecular complexity index is 615. The molecule has 3 fully saturated rings. The van der Waals surface area contributed by atoms with Gasteiger partial charge >= 0.3 is 6.18 Å².